The van der Waals surface area contributed by atoms with E-state index in [9.17, 15) is 0 Å². The first kappa shape index (κ1) is 13.7. The summed E-state index contributed by atoms with van der Waals surface area (Å²) in [6.07, 6.45) is 2.37. The van der Waals surface area contributed by atoms with Crippen LogP contribution in [0.3, 0.4) is 0 Å². The van der Waals surface area contributed by atoms with E-state index in [0.29, 0.717) is 11.7 Å². The molecule has 1 aromatic carbocycles. The summed E-state index contributed by atoms with van der Waals surface area (Å²) in [5, 5.41) is 4.06. The van der Waals surface area contributed by atoms with Gasteiger partial charge in [-0.2, -0.15) is 4.98 Å². The largest absolute Gasteiger partial charge is 0.337 e. The molecule has 1 aromatic heterocycles. The van der Waals surface area contributed by atoms with Crippen LogP contribution in [0.1, 0.15) is 38.6 Å². The summed E-state index contributed by atoms with van der Waals surface area (Å²) in [7, 11) is 2.09. The number of aromatic nitrogens is 2. The van der Waals surface area contributed by atoms with Gasteiger partial charge in [0.1, 0.15) is 0 Å². The highest BCUT2D eigenvalue weighted by molar-refractivity contribution is 5.53. The van der Waals surface area contributed by atoms with E-state index in [1.54, 1.807) is 0 Å². The molecule has 1 atom stereocenters. The van der Waals surface area contributed by atoms with Crippen LogP contribution in [0.15, 0.2) is 34.9 Å². The molecular weight excluding hydrogens is 238 g/mol. The maximum atomic E-state index is 5.38. The first-order chi connectivity index (χ1) is 9.22. The van der Waals surface area contributed by atoms with Gasteiger partial charge >= 0.3 is 0 Å². The molecule has 0 fully saturated rings. The molecular formula is C15H21N3O. The van der Waals surface area contributed by atoms with Gasteiger partial charge in [-0.3, -0.25) is 4.90 Å². The molecule has 0 saturated heterocycles. The lowest BCUT2D eigenvalue weighted by atomic mass is 10.2. The van der Waals surface area contributed by atoms with Gasteiger partial charge in [0.25, 0.3) is 0 Å². The average Bonchev–Trinajstić information content (AvgIpc) is 2.94. The van der Waals surface area contributed by atoms with E-state index in [0.717, 1.165) is 12.1 Å². The van der Waals surface area contributed by atoms with Crippen molar-refractivity contribution in [2.75, 3.05) is 13.6 Å². The predicted molar refractivity (Wildman–Crippen MR) is 75.7 cm³/mol. The lowest BCUT2D eigenvalue weighted by Crippen LogP contribution is -2.23. The van der Waals surface area contributed by atoms with Crippen LogP contribution in [-0.2, 0) is 0 Å². The molecule has 19 heavy (non-hydrogen) atoms. The number of hydrogen-bond acceptors (Lipinski definition) is 4. The highest BCUT2D eigenvalue weighted by Gasteiger charge is 2.18. The van der Waals surface area contributed by atoms with Gasteiger partial charge in [0.15, 0.2) is 0 Å². The molecule has 0 bridgehead atoms. The first-order valence-electron chi connectivity index (χ1n) is 6.81. The fraction of sp³-hybridized carbons (Fsp3) is 0.467. The van der Waals surface area contributed by atoms with Gasteiger partial charge in [-0.05, 0) is 26.9 Å². The Balaban J connectivity index is 2.08. The third kappa shape index (κ3) is 3.41. The Labute approximate surface area is 114 Å². The maximum absolute atomic E-state index is 5.38. The third-order valence-electron chi connectivity index (χ3n) is 3.36. The Kier molecular flexibility index (Phi) is 4.68. The van der Waals surface area contributed by atoms with Gasteiger partial charge < -0.3 is 4.52 Å². The molecule has 2 rings (SSSR count). The molecule has 0 radical (unpaired) electrons. The standard InChI is InChI=1S/C15H21N3O/c1-4-5-11-18(3)12(2)15-16-14(17-19-15)13-9-7-6-8-10-13/h6-10,12H,4-5,11H2,1-3H3. The van der Waals surface area contributed by atoms with Crippen molar-refractivity contribution in [3.8, 4) is 11.4 Å². The van der Waals surface area contributed by atoms with Gasteiger partial charge in [0.05, 0.1) is 6.04 Å². The molecule has 0 amide bonds. The summed E-state index contributed by atoms with van der Waals surface area (Å²) in [6.45, 7) is 5.33. The van der Waals surface area contributed by atoms with E-state index >= 15 is 0 Å². The van der Waals surface area contributed by atoms with Crippen molar-refractivity contribution in [2.45, 2.75) is 32.7 Å². The molecule has 1 unspecified atom stereocenters. The average molecular weight is 259 g/mol. The smallest absolute Gasteiger partial charge is 0.244 e. The van der Waals surface area contributed by atoms with Crippen LogP contribution in [0.5, 0.6) is 0 Å². The minimum Gasteiger partial charge on any atom is -0.337 e. The van der Waals surface area contributed by atoms with Crippen molar-refractivity contribution in [3.05, 3.63) is 36.2 Å². The normalized spacial score (nSPS) is 12.8. The lowest BCUT2D eigenvalue weighted by Gasteiger charge is -2.20. The van der Waals surface area contributed by atoms with Crippen molar-refractivity contribution in [2.24, 2.45) is 0 Å². The quantitative estimate of drug-likeness (QED) is 0.796. The van der Waals surface area contributed by atoms with Gasteiger partial charge in [0.2, 0.25) is 11.7 Å². The molecule has 0 saturated carbocycles. The van der Waals surface area contributed by atoms with E-state index in [2.05, 4.69) is 35.9 Å². The van der Waals surface area contributed by atoms with E-state index in [4.69, 9.17) is 4.52 Å². The number of nitrogens with zero attached hydrogens (tertiary/aromatic N) is 3. The van der Waals surface area contributed by atoms with E-state index in [-0.39, 0.29) is 6.04 Å². The summed E-state index contributed by atoms with van der Waals surface area (Å²) in [6, 6.07) is 10.0. The van der Waals surface area contributed by atoms with Gasteiger partial charge in [-0.25, -0.2) is 0 Å². The second-order valence-corrected chi connectivity index (χ2v) is 4.83. The summed E-state index contributed by atoms with van der Waals surface area (Å²) < 4.78 is 5.38. The number of rotatable bonds is 6. The number of hydrogen-bond donors (Lipinski definition) is 0. The zero-order valence-electron chi connectivity index (χ0n) is 11.8. The van der Waals surface area contributed by atoms with Crippen LogP contribution >= 0.6 is 0 Å². The van der Waals surface area contributed by atoms with E-state index in [1.807, 2.05) is 30.3 Å². The Hall–Kier alpha value is -1.68. The number of unbranched alkanes of at least 4 members (excludes halogenated alkanes) is 1. The molecule has 0 spiro atoms. The van der Waals surface area contributed by atoms with Crippen molar-refractivity contribution in [1.29, 1.82) is 0 Å². The van der Waals surface area contributed by atoms with Gasteiger partial charge in [0, 0.05) is 5.56 Å². The second kappa shape index (κ2) is 6.48. The van der Waals surface area contributed by atoms with Crippen molar-refractivity contribution >= 4 is 0 Å². The van der Waals surface area contributed by atoms with Crippen LogP contribution in [0.25, 0.3) is 11.4 Å². The zero-order chi connectivity index (χ0) is 13.7. The second-order valence-electron chi connectivity index (χ2n) is 4.83. The molecule has 102 valence electrons. The lowest BCUT2D eigenvalue weighted by molar-refractivity contribution is 0.207. The van der Waals surface area contributed by atoms with E-state index in [1.165, 1.54) is 12.8 Å². The molecule has 0 N–H and O–H groups in total. The zero-order valence-corrected chi connectivity index (χ0v) is 11.8. The summed E-state index contributed by atoms with van der Waals surface area (Å²) >= 11 is 0. The summed E-state index contributed by atoms with van der Waals surface area (Å²) in [5.74, 6) is 1.34. The Morgan fingerprint density at radius 1 is 1.26 bits per heavy atom. The molecule has 4 nitrogen and oxygen atoms in total. The highest BCUT2D eigenvalue weighted by Crippen LogP contribution is 2.21. The van der Waals surface area contributed by atoms with Gasteiger partial charge in [-0.15, -0.1) is 0 Å². The SMILES string of the molecule is CCCCN(C)C(C)c1nc(-c2ccccc2)no1. The predicted octanol–water partition coefficient (Wildman–Crippen LogP) is 3.53. The molecule has 0 aliphatic rings. The fourth-order valence-electron chi connectivity index (χ4n) is 1.90. The highest BCUT2D eigenvalue weighted by atomic mass is 16.5. The molecule has 0 aliphatic heterocycles. The van der Waals surface area contributed by atoms with Crippen LogP contribution in [0, 0.1) is 0 Å². The summed E-state index contributed by atoms with van der Waals surface area (Å²) in [5.41, 5.74) is 0.987. The van der Waals surface area contributed by atoms with Crippen molar-refractivity contribution < 1.29 is 4.52 Å². The fourth-order valence-corrected chi connectivity index (χ4v) is 1.90. The van der Waals surface area contributed by atoms with Crippen LogP contribution in [0.4, 0.5) is 0 Å². The van der Waals surface area contributed by atoms with Gasteiger partial charge in [-0.1, -0.05) is 48.8 Å². The Morgan fingerprint density at radius 3 is 2.68 bits per heavy atom. The summed E-state index contributed by atoms with van der Waals surface area (Å²) in [4.78, 5) is 6.73. The first-order valence-corrected chi connectivity index (χ1v) is 6.81. The molecule has 4 heteroatoms. The topological polar surface area (TPSA) is 42.2 Å². The Morgan fingerprint density at radius 2 is 2.00 bits per heavy atom. The van der Waals surface area contributed by atoms with Crippen molar-refractivity contribution in [3.63, 3.8) is 0 Å². The molecule has 1 heterocycles. The third-order valence-corrected chi connectivity index (χ3v) is 3.36. The molecule has 2 aromatic rings. The Bertz CT molecular complexity index is 495. The van der Waals surface area contributed by atoms with Crippen LogP contribution in [-0.4, -0.2) is 28.6 Å². The van der Waals surface area contributed by atoms with Crippen LogP contribution < -0.4 is 0 Å². The molecule has 0 aliphatic carbocycles. The maximum Gasteiger partial charge on any atom is 0.244 e. The monoisotopic (exact) mass is 259 g/mol. The van der Waals surface area contributed by atoms with E-state index < -0.39 is 0 Å². The minimum atomic E-state index is 0.150. The number of benzene rings is 1. The van der Waals surface area contributed by atoms with Crippen LogP contribution in [0.2, 0.25) is 0 Å². The minimum absolute atomic E-state index is 0.150. The van der Waals surface area contributed by atoms with Crippen molar-refractivity contribution in [1.82, 2.24) is 15.0 Å².